The van der Waals surface area contributed by atoms with Crippen LogP contribution in [-0.4, -0.2) is 60.5 Å². The maximum absolute atomic E-state index is 12.1. The van der Waals surface area contributed by atoms with E-state index in [1.807, 2.05) is 18.3 Å². The van der Waals surface area contributed by atoms with Crippen LogP contribution in [0.15, 0.2) is 23.7 Å². The number of anilines is 1. The van der Waals surface area contributed by atoms with Crippen molar-refractivity contribution >= 4 is 23.1 Å². The molecule has 1 aliphatic heterocycles. The monoisotopic (exact) mass is 360 g/mol. The topological polar surface area (TPSA) is 87.4 Å². The third-order valence-corrected chi connectivity index (χ3v) is 5.14. The summed E-state index contributed by atoms with van der Waals surface area (Å²) in [6, 6.07) is 4.04. The van der Waals surface area contributed by atoms with Crippen LogP contribution >= 0.6 is 11.3 Å². The van der Waals surface area contributed by atoms with Crippen LogP contribution in [0.2, 0.25) is 0 Å². The lowest BCUT2D eigenvalue weighted by atomic mass is 10.2. The predicted octanol–water partition coefficient (Wildman–Crippen LogP) is 0.721. The van der Waals surface area contributed by atoms with E-state index >= 15 is 0 Å². The molecule has 0 atom stereocenters. The lowest BCUT2D eigenvalue weighted by Gasteiger charge is -2.33. The van der Waals surface area contributed by atoms with Gasteiger partial charge in [-0.1, -0.05) is 6.07 Å². The molecular formula is C17H24N6OS. The van der Waals surface area contributed by atoms with Crippen molar-refractivity contribution in [1.29, 1.82) is 0 Å². The summed E-state index contributed by atoms with van der Waals surface area (Å²) in [5, 5.41) is 5.56. The molecule has 0 spiro atoms. The number of piperazine rings is 1. The van der Waals surface area contributed by atoms with E-state index in [1.165, 1.54) is 11.3 Å². The first-order valence-corrected chi connectivity index (χ1v) is 9.35. The molecule has 2 aromatic rings. The van der Waals surface area contributed by atoms with Gasteiger partial charge >= 0.3 is 0 Å². The number of carbonyl (C=O) groups excluding carboxylic acids is 1. The van der Waals surface area contributed by atoms with Gasteiger partial charge in [0, 0.05) is 50.7 Å². The Kier molecular flexibility index (Phi) is 5.95. The van der Waals surface area contributed by atoms with Gasteiger partial charge in [-0.25, -0.2) is 9.97 Å². The number of nitrogens with zero attached hydrogens (tertiary/aromatic N) is 4. The smallest absolute Gasteiger partial charge is 0.271 e. The Morgan fingerprint density at radius 2 is 2.12 bits per heavy atom. The molecule has 1 fully saturated rings. The number of carbonyl (C=O) groups is 1. The number of rotatable bonds is 6. The van der Waals surface area contributed by atoms with Gasteiger partial charge in [0.05, 0.1) is 5.01 Å². The fraction of sp³-hybridized carbons (Fsp3) is 0.471. The highest BCUT2D eigenvalue weighted by Crippen LogP contribution is 2.14. The van der Waals surface area contributed by atoms with E-state index in [0.29, 0.717) is 25.2 Å². The molecule has 3 heterocycles. The van der Waals surface area contributed by atoms with Gasteiger partial charge in [0.2, 0.25) is 0 Å². The summed E-state index contributed by atoms with van der Waals surface area (Å²) in [5.74, 6) is 0.830. The molecule has 25 heavy (non-hydrogen) atoms. The van der Waals surface area contributed by atoms with Crippen molar-refractivity contribution in [3.8, 4) is 0 Å². The SMILES string of the molecule is CN1CCN(c2ccc(CNC(=O)c3csc(CCN)n3)cn2)CC1. The molecule has 1 aliphatic rings. The molecule has 3 rings (SSSR count). The second-order valence-electron chi connectivity index (χ2n) is 6.16. The van der Waals surface area contributed by atoms with E-state index in [2.05, 4.69) is 32.1 Å². The Morgan fingerprint density at radius 1 is 1.32 bits per heavy atom. The lowest BCUT2D eigenvalue weighted by molar-refractivity contribution is 0.0946. The van der Waals surface area contributed by atoms with Gasteiger partial charge in [-0.05, 0) is 25.2 Å². The van der Waals surface area contributed by atoms with Gasteiger partial charge < -0.3 is 20.9 Å². The first kappa shape index (κ1) is 17.8. The second-order valence-corrected chi connectivity index (χ2v) is 7.11. The number of hydrogen-bond acceptors (Lipinski definition) is 7. The summed E-state index contributed by atoms with van der Waals surface area (Å²) in [5.41, 5.74) is 6.94. The summed E-state index contributed by atoms with van der Waals surface area (Å²) in [4.78, 5) is 25.6. The molecule has 134 valence electrons. The number of nitrogens with one attached hydrogen (secondary N) is 1. The normalized spacial score (nSPS) is 15.4. The number of hydrogen-bond donors (Lipinski definition) is 2. The molecule has 1 amide bonds. The van der Waals surface area contributed by atoms with Gasteiger partial charge in [-0.15, -0.1) is 11.3 Å². The summed E-state index contributed by atoms with van der Waals surface area (Å²) in [6.45, 7) is 5.08. The highest BCUT2D eigenvalue weighted by atomic mass is 32.1. The van der Waals surface area contributed by atoms with Crippen LogP contribution in [0.4, 0.5) is 5.82 Å². The van der Waals surface area contributed by atoms with Crippen LogP contribution in [0.1, 0.15) is 21.1 Å². The van der Waals surface area contributed by atoms with Gasteiger partial charge in [-0.3, -0.25) is 4.79 Å². The summed E-state index contributed by atoms with van der Waals surface area (Å²) >= 11 is 1.47. The van der Waals surface area contributed by atoms with Crippen molar-refractivity contribution in [2.24, 2.45) is 5.73 Å². The van der Waals surface area contributed by atoms with E-state index in [1.54, 1.807) is 5.38 Å². The minimum absolute atomic E-state index is 0.164. The summed E-state index contributed by atoms with van der Waals surface area (Å²) in [7, 11) is 2.14. The highest BCUT2D eigenvalue weighted by Gasteiger charge is 2.15. The number of pyridine rings is 1. The Morgan fingerprint density at radius 3 is 2.80 bits per heavy atom. The zero-order valence-electron chi connectivity index (χ0n) is 14.4. The van der Waals surface area contributed by atoms with Crippen molar-refractivity contribution in [3.63, 3.8) is 0 Å². The Bertz CT molecular complexity index is 693. The summed E-state index contributed by atoms with van der Waals surface area (Å²) in [6.07, 6.45) is 2.53. The quantitative estimate of drug-likeness (QED) is 0.789. The summed E-state index contributed by atoms with van der Waals surface area (Å²) < 4.78 is 0. The van der Waals surface area contributed by atoms with Crippen LogP contribution in [0.3, 0.4) is 0 Å². The van der Waals surface area contributed by atoms with Crippen molar-refractivity contribution in [2.75, 3.05) is 44.7 Å². The van der Waals surface area contributed by atoms with Crippen LogP contribution in [0.25, 0.3) is 0 Å². The Balaban J connectivity index is 1.52. The van der Waals surface area contributed by atoms with Crippen LogP contribution in [0, 0.1) is 0 Å². The minimum atomic E-state index is -0.164. The van der Waals surface area contributed by atoms with Crippen molar-refractivity contribution in [1.82, 2.24) is 20.2 Å². The van der Waals surface area contributed by atoms with E-state index in [0.717, 1.165) is 42.6 Å². The third-order valence-electron chi connectivity index (χ3n) is 4.23. The Hall–Kier alpha value is -2.03. The van der Waals surface area contributed by atoms with Crippen LogP contribution < -0.4 is 16.0 Å². The third kappa shape index (κ3) is 4.75. The molecule has 0 aliphatic carbocycles. The second kappa shape index (κ2) is 8.37. The van der Waals surface area contributed by atoms with Crippen LogP contribution in [0.5, 0.6) is 0 Å². The standard InChI is InChI=1S/C17H24N6OS/c1-22-6-8-23(9-7-22)15-3-2-13(10-19-15)11-20-17(24)14-12-25-16(21-14)4-5-18/h2-3,10,12H,4-9,11,18H2,1H3,(H,20,24). The van der Waals surface area contributed by atoms with Crippen LogP contribution in [-0.2, 0) is 13.0 Å². The highest BCUT2D eigenvalue weighted by molar-refractivity contribution is 7.09. The number of thiazole rings is 1. The molecule has 1 saturated heterocycles. The van der Waals surface area contributed by atoms with Crippen molar-refractivity contribution in [2.45, 2.75) is 13.0 Å². The average Bonchev–Trinajstić information content (AvgIpc) is 3.10. The van der Waals surface area contributed by atoms with E-state index in [4.69, 9.17) is 5.73 Å². The average molecular weight is 360 g/mol. The number of likely N-dealkylation sites (N-methyl/N-ethyl adjacent to an activating group) is 1. The van der Waals surface area contributed by atoms with Crippen molar-refractivity contribution < 1.29 is 4.79 Å². The van der Waals surface area contributed by atoms with Gasteiger partial charge in [0.25, 0.3) is 5.91 Å². The predicted molar refractivity (Wildman–Crippen MR) is 100.0 cm³/mol. The van der Waals surface area contributed by atoms with E-state index < -0.39 is 0 Å². The molecule has 0 bridgehead atoms. The first-order chi connectivity index (χ1) is 12.2. The number of nitrogens with two attached hydrogens (primary N) is 1. The van der Waals surface area contributed by atoms with E-state index in [9.17, 15) is 4.79 Å². The van der Waals surface area contributed by atoms with Gasteiger partial charge in [-0.2, -0.15) is 0 Å². The zero-order valence-corrected chi connectivity index (χ0v) is 15.3. The molecule has 8 heteroatoms. The molecule has 2 aromatic heterocycles. The largest absolute Gasteiger partial charge is 0.354 e. The minimum Gasteiger partial charge on any atom is -0.354 e. The molecule has 0 radical (unpaired) electrons. The Labute approximate surface area is 151 Å². The van der Waals surface area contributed by atoms with Gasteiger partial charge in [0.15, 0.2) is 0 Å². The molecular weight excluding hydrogens is 336 g/mol. The molecule has 0 unspecified atom stereocenters. The number of amides is 1. The van der Waals surface area contributed by atoms with Crippen molar-refractivity contribution in [3.05, 3.63) is 40.0 Å². The fourth-order valence-corrected chi connectivity index (χ4v) is 3.46. The zero-order chi connectivity index (χ0) is 17.6. The fourth-order valence-electron chi connectivity index (χ4n) is 2.67. The molecule has 0 aromatic carbocycles. The molecule has 7 nitrogen and oxygen atoms in total. The molecule has 0 saturated carbocycles. The number of aromatic nitrogens is 2. The maximum atomic E-state index is 12.1. The molecule has 3 N–H and O–H groups in total. The first-order valence-electron chi connectivity index (χ1n) is 8.47. The van der Waals surface area contributed by atoms with Gasteiger partial charge in [0.1, 0.15) is 11.5 Å². The maximum Gasteiger partial charge on any atom is 0.271 e. The van der Waals surface area contributed by atoms with E-state index in [-0.39, 0.29) is 5.91 Å². The lowest BCUT2D eigenvalue weighted by Crippen LogP contribution is -2.44.